The highest BCUT2D eigenvalue weighted by molar-refractivity contribution is 9.10. The summed E-state index contributed by atoms with van der Waals surface area (Å²) < 4.78 is 0.758. The first-order valence-electron chi connectivity index (χ1n) is 5.36. The molecule has 5 heteroatoms. The molecule has 0 aromatic carbocycles. The summed E-state index contributed by atoms with van der Waals surface area (Å²) in [4.78, 5) is 15.7. The van der Waals surface area contributed by atoms with Gasteiger partial charge in [-0.05, 0) is 34.3 Å². The number of nitrogens with two attached hydrogens (primary N) is 1. The second-order valence-electron chi connectivity index (χ2n) is 4.07. The van der Waals surface area contributed by atoms with E-state index in [0.29, 0.717) is 5.56 Å². The number of rotatable bonds is 4. The van der Waals surface area contributed by atoms with Gasteiger partial charge in [-0.3, -0.25) is 4.79 Å². The van der Waals surface area contributed by atoms with Gasteiger partial charge in [-0.25, -0.2) is 4.98 Å². The first-order valence-corrected chi connectivity index (χ1v) is 6.15. The molecule has 0 spiro atoms. The quantitative estimate of drug-likeness (QED) is 0.888. The first kappa shape index (κ1) is 11.4. The molecule has 1 aromatic heterocycles. The van der Waals surface area contributed by atoms with Crippen molar-refractivity contribution in [1.29, 1.82) is 0 Å². The van der Waals surface area contributed by atoms with E-state index in [1.54, 1.807) is 12.3 Å². The normalized spacial score (nSPS) is 14.8. The maximum atomic E-state index is 11.8. The topological polar surface area (TPSA) is 68.0 Å². The van der Waals surface area contributed by atoms with Gasteiger partial charge in [0, 0.05) is 17.2 Å². The van der Waals surface area contributed by atoms with Gasteiger partial charge in [0.05, 0.1) is 5.56 Å². The van der Waals surface area contributed by atoms with Gasteiger partial charge in [0.2, 0.25) is 0 Å². The van der Waals surface area contributed by atoms with Crippen molar-refractivity contribution < 1.29 is 4.79 Å². The Morgan fingerprint density at radius 1 is 1.62 bits per heavy atom. The van der Waals surface area contributed by atoms with Crippen LogP contribution in [0.4, 0.5) is 5.82 Å². The summed E-state index contributed by atoms with van der Waals surface area (Å²) in [6.07, 6.45) is 5.25. The van der Waals surface area contributed by atoms with Crippen molar-refractivity contribution in [3.8, 4) is 0 Å². The van der Waals surface area contributed by atoms with Crippen LogP contribution in [0, 0.1) is 5.92 Å². The maximum Gasteiger partial charge on any atom is 0.255 e. The van der Waals surface area contributed by atoms with E-state index in [-0.39, 0.29) is 11.7 Å². The number of nitrogens with one attached hydrogen (secondary N) is 1. The SMILES string of the molecule is Nc1ncc(Br)cc1C(=O)NCCC1CC1. The van der Waals surface area contributed by atoms with Gasteiger partial charge in [-0.15, -0.1) is 0 Å². The predicted molar refractivity (Wildman–Crippen MR) is 66.0 cm³/mol. The van der Waals surface area contributed by atoms with Crippen LogP contribution in [0.3, 0.4) is 0 Å². The van der Waals surface area contributed by atoms with Crippen LogP contribution in [0.2, 0.25) is 0 Å². The summed E-state index contributed by atoms with van der Waals surface area (Å²) in [6, 6.07) is 1.69. The van der Waals surface area contributed by atoms with Crippen molar-refractivity contribution >= 4 is 27.7 Å². The molecule has 0 atom stereocenters. The van der Waals surface area contributed by atoms with Crippen molar-refractivity contribution in [3.63, 3.8) is 0 Å². The summed E-state index contributed by atoms with van der Waals surface area (Å²) in [7, 11) is 0. The second-order valence-corrected chi connectivity index (χ2v) is 4.99. The van der Waals surface area contributed by atoms with Crippen LogP contribution in [0.15, 0.2) is 16.7 Å². The van der Waals surface area contributed by atoms with Gasteiger partial charge in [0.15, 0.2) is 0 Å². The predicted octanol–water partition coefficient (Wildman–Crippen LogP) is 1.96. The molecule has 1 aliphatic rings. The molecule has 3 N–H and O–H groups in total. The molecule has 1 aliphatic carbocycles. The van der Waals surface area contributed by atoms with Gasteiger partial charge in [0.25, 0.3) is 5.91 Å². The fraction of sp³-hybridized carbons (Fsp3) is 0.455. The molecule has 1 saturated carbocycles. The minimum Gasteiger partial charge on any atom is -0.383 e. The largest absolute Gasteiger partial charge is 0.383 e. The zero-order valence-corrected chi connectivity index (χ0v) is 10.5. The van der Waals surface area contributed by atoms with E-state index in [9.17, 15) is 4.79 Å². The number of hydrogen-bond donors (Lipinski definition) is 2. The third-order valence-corrected chi connectivity index (χ3v) is 3.10. The molecule has 0 bridgehead atoms. The van der Waals surface area contributed by atoms with Crippen molar-refractivity contribution in [1.82, 2.24) is 10.3 Å². The molecule has 1 fully saturated rings. The fourth-order valence-electron chi connectivity index (χ4n) is 1.52. The molecule has 4 nitrogen and oxygen atoms in total. The average Bonchev–Trinajstić information content (AvgIpc) is 3.05. The summed E-state index contributed by atoms with van der Waals surface area (Å²) in [6.45, 7) is 0.718. The highest BCUT2D eigenvalue weighted by atomic mass is 79.9. The average molecular weight is 284 g/mol. The standard InChI is InChI=1S/C11H14BrN3O/c12-8-5-9(10(13)15-6-8)11(16)14-4-3-7-1-2-7/h5-7H,1-4H2,(H2,13,15)(H,14,16). The lowest BCUT2D eigenvalue weighted by Crippen LogP contribution is -2.25. The van der Waals surface area contributed by atoms with Crippen LogP contribution in [0.25, 0.3) is 0 Å². The van der Waals surface area contributed by atoms with Crippen LogP contribution < -0.4 is 11.1 Å². The lowest BCUT2D eigenvalue weighted by Gasteiger charge is -2.06. The first-order chi connectivity index (χ1) is 7.66. The summed E-state index contributed by atoms with van der Waals surface area (Å²) in [5.74, 6) is 0.942. The van der Waals surface area contributed by atoms with Crippen LogP contribution in [-0.2, 0) is 0 Å². The van der Waals surface area contributed by atoms with Gasteiger partial charge in [0.1, 0.15) is 5.82 Å². The summed E-state index contributed by atoms with van der Waals surface area (Å²) >= 11 is 3.27. The number of amides is 1. The van der Waals surface area contributed by atoms with E-state index >= 15 is 0 Å². The fourth-order valence-corrected chi connectivity index (χ4v) is 1.85. The molecule has 0 unspecified atom stereocenters. The Morgan fingerprint density at radius 2 is 2.38 bits per heavy atom. The zero-order chi connectivity index (χ0) is 11.5. The van der Waals surface area contributed by atoms with Crippen molar-refractivity contribution in [3.05, 3.63) is 22.3 Å². The third-order valence-electron chi connectivity index (χ3n) is 2.66. The third kappa shape index (κ3) is 2.95. The highest BCUT2D eigenvalue weighted by Gasteiger charge is 2.21. The number of pyridine rings is 1. The van der Waals surface area contributed by atoms with Gasteiger partial charge >= 0.3 is 0 Å². The van der Waals surface area contributed by atoms with E-state index in [1.807, 2.05) is 0 Å². The summed E-state index contributed by atoms with van der Waals surface area (Å²) in [5.41, 5.74) is 6.08. The molecular formula is C11H14BrN3O. The lowest BCUT2D eigenvalue weighted by molar-refractivity contribution is 0.0953. The van der Waals surface area contributed by atoms with Gasteiger partial charge in [-0.1, -0.05) is 12.8 Å². The molecule has 16 heavy (non-hydrogen) atoms. The van der Waals surface area contributed by atoms with E-state index < -0.39 is 0 Å². The van der Waals surface area contributed by atoms with E-state index in [1.165, 1.54) is 12.8 Å². The zero-order valence-electron chi connectivity index (χ0n) is 8.87. The number of halogens is 1. The lowest BCUT2D eigenvalue weighted by atomic mass is 10.2. The highest BCUT2D eigenvalue weighted by Crippen LogP contribution is 2.31. The van der Waals surface area contributed by atoms with Crippen molar-refractivity contribution in [2.24, 2.45) is 5.92 Å². The van der Waals surface area contributed by atoms with Crippen LogP contribution in [-0.4, -0.2) is 17.4 Å². The Kier molecular flexibility index (Phi) is 3.43. The van der Waals surface area contributed by atoms with Crippen LogP contribution in [0.5, 0.6) is 0 Å². The van der Waals surface area contributed by atoms with Crippen LogP contribution in [0.1, 0.15) is 29.6 Å². The molecule has 86 valence electrons. The minimum absolute atomic E-state index is 0.146. The molecule has 0 aliphatic heterocycles. The minimum atomic E-state index is -0.146. The second kappa shape index (κ2) is 4.82. The van der Waals surface area contributed by atoms with Crippen molar-refractivity contribution in [2.75, 3.05) is 12.3 Å². The molecule has 1 amide bonds. The smallest absolute Gasteiger partial charge is 0.255 e. The molecule has 2 rings (SSSR count). The number of carbonyl (C=O) groups is 1. The number of hydrogen-bond acceptors (Lipinski definition) is 3. The van der Waals surface area contributed by atoms with E-state index in [4.69, 9.17) is 5.73 Å². The summed E-state index contributed by atoms with van der Waals surface area (Å²) in [5, 5.41) is 2.86. The number of anilines is 1. The van der Waals surface area contributed by atoms with Gasteiger partial charge < -0.3 is 11.1 Å². The van der Waals surface area contributed by atoms with E-state index in [0.717, 1.165) is 23.4 Å². The van der Waals surface area contributed by atoms with Crippen molar-refractivity contribution in [2.45, 2.75) is 19.3 Å². The Hall–Kier alpha value is -1.10. The van der Waals surface area contributed by atoms with Crippen LogP contribution >= 0.6 is 15.9 Å². The molecule has 0 radical (unpaired) electrons. The van der Waals surface area contributed by atoms with E-state index in [2.05, 4.69) is 26.2 Å². The Morgan fingerprint density at radius 3 is 3.06 bits per heavy atom. The Balaban J connectivity index is 1.93. The number of aromatic nitrogens is 1. The number of nitrogen functional groups attached to an aromatic ring is 1. The molecule has 1 heterocycles. The van der Waals surface area contributed by atoms with Gasteiger partial charge in [-0.2, -0.15) is 0 Å². The Bertz CT molecular complexity index is 404. The molecular weight excluding hydrogens is 270 g/mol. The maximum absolute atomic E-state index is 11.8. The molecule has 0 saturated heterocycles. The molecule has 1 aromatic rings. The monoisotopic (exact) mass is 283 g/mol. The number of nitrogens with zero attached hydrogens (tertiary/aromatic N) is 1. The number of carbonyl (C=O) groups excluding carboxylic acids is 1. The Labute approximate surface area is 103 Å².